The van der Waals surface area contributed by atoms with Gasteiger partial charge in [0.05, 0.1) is 25.1 Å². The van der Waals surface area contributed by atoms with Crippen LogP contribution in [0.25, 0.3) is 0 Å². The molecule has 3 amide bonds. The molecule has 3 atom stereocenters. The van der Waals surface area contributed by atoms with E-state index in [-0.39, 0.29) is 24.7 Å². The van der Waals surface area contributed by atoms with Crippen LogP contribution in [-0.2, 0) is 16.1 Å². The van der Waals surface area contributed by atoms with E-state index < -0.39 is 36.1 Å². The molecule has 1 aromatic rings. The average molecular weight is 362 g/mol. The lowest BCUT2D eigenvalue weighted by molar-refractivity contribution is -0.141. The number of primary amides is 1. The first-order valence-electron chi connectivity index (χ1n) is 6.96. The Bertz CT molecular complexity index is 576. The molecule has 0 bridgehead atoms. The first-order chi connectivity index (χ1) is 11.7. The number of aliphatic hydroxyl groups is 2. The fraction of sp³-hybridized carbons (Fsp3) is 0.583. The van der Waals surface area contributed by atoms with Gasteiger partial charge in [-0.1, -0.05) is 0 Å². The Morgan fingerprint density at radius 2 is 1.88 bits per heavy atom. The zero-order valence-electron chi connectivity index (χ0n) is 13.7. The van der Waals surface area contributed by atoms with Gasteiger partial charge in [-0.2, -0.15) is 0 Å². The number of carbonyl (C=O) groups is 3. The second kappa shape index (κ2) is 10.9. The fourth-order valence-electron chi connectivity index (χ4n) is 1.53. The van der Waals surface area contributed by atoms with E-state index in [4.69, 9.17) is 26.1 Å². The van der Waals surface area contributed by atoms with Crippen molar-refractivity contribution in [3.63, 3.8) is 0 Å². The van der Waals surface area contributed by atoms with Crippen molar-refractivity contribution in [3.05, 3.63) is 11.8 Å². The molecule has 1 heterocycles. The van der Waals surface area contributed by atoms with Gasteiger partial charge in [0.1, 0.15) is 0 Å². The number of nitrogens with one attached hydrogen (secondary N) is 2. The number of nitrogens with two attached hydrogens (primary N) is 2. The largest absolute Gasteiger partial charge is 0.480 e. The van der Waals surface area contributed by atoms with E-state index in [1.165, 1.54) is 6.92 Å². The van der Waals surface area contributed by atoms with Crippen molar-refractivity contribution in [2.75, 3.05) is 7.11 Å². The normalized spacial score (nSPS) is 13.6. The van der Waals surface area contributed by atoms with Gasteiger partial charge in [0, 0.05) is 7.11 Å². The van der Waals surface area contributed by atoms with E-state index in [2.05, 4.69) is 20.8 Å². The first kappa shape index (κ1) is 22.2. The number of urea groups is 1. The second-order valence-electron chi connectivity index (χ2n) is 4.69. The van der Waals surface area contributed by atoms with Gasteiger partial charge in [0.15, 0.2) is 6.04 Å². The Balaban J connectivity index is 0.00000277. The predicted octanol–water partition coefficient (Wildman–Crippen LogP) is -2.81. The number of hydrogen-bond donors (Lipinski definition) is 7. The SMILES string of the molecule is CC(O)C(NC(=O)NCc1nnc(C(N)CC(N)=O)o1)C(=O)O.CO. The minimum absolute atomic E-state index is 0.000933. The lowest BCUT2D eigenvalue weighted by Crippen LogP contribution is -2.51. The molecule has 0 aliphatic rings. The van der Waals surface area contributed by atoms with E-state index in [0.29, 0.717) is 0 Å². The molecule has 0 aliphatic carbocycles. The first-order valence-corrected chi connectivity index (χ1v) is 6.96. The van der Waals surface area contributed by atoms with Crippen LogP contribution in [0.1, 0.15) is 31.2 Å². The minimum atomic E-state index is -1.46. The van der Waals surface area contributed by atoms with Crippen LogP contribution in [0.2, 0.25) is 0 Å². The minimum Gasteiger partial charge on any atom is -0.480 e. The maximum Gasteiger partial charge on any atom is 0.328 e. The van der Waals surface area contributed by atoms with Crippen LogP contribution in [0.15, 0.2) is 4.42 Å². The van der Waals surface area contributed by atoms with Gasteiger partial charge in [-0.3, -0.25) is 4.79 Å². The van der Waals surface area contributed by atoms with Crippen molar-refractivity contribution in [2.24, 2.45) is 11.5 Å². The summed E-state index contributed by atoms with van der Waals surface area (Å²) in [5.74, 6) is -2.03. The monoisotopic (exact) mass is 362 g/mol. The third kappa shape index (κ3) is 8.05. The molecule has 9 N–H and O–H groups in total. The molecule has 0 aromatic carbocycles. The number of carboxylic acids is 1. The number of amides is 3. The third-order valence-electron chi connectivity index (χ3n) is 2.66. The highest BCUT2D eigenvalue weighted by molar-refractivity contribution is 5.82. The summed E-state index contributed by atoms with van der Waals surface area (Å²) in [6.45, 7) is 1.03. The fourth-order valence-corrected chi connectivity index (χ4v) is 1.53. The topological polar surface area (TPSA) is 227 Å². The van der Waals surface area contributed by atoms with Gasteiger partial charge < -0.3 is 41.8 Å². The smallest absolute Gasteiger partial charge is 0.328 e. The van der Waals surface area contributed by atoms with Crippen LogP contribution in [0.3, 0.4) is 0 Å². The summed E-state index contributed by atoms with van der Waals surface area (Å²) in [7, 11) is 1.00. The summed E-state index contributed by atoms with van der Waals surface area (Å²) >= 11 is 0. The maximum atomic E-state index is 11.5. The summed E-state index contributed by atoms with van der Waals surface area (Å²) in [5, 5.41) is 36.6. The molecule has 3 unspecified atom stereocenters. The number of rotatable bonds is 8. The Kier molecular flexibility index (Phi) is 9.69. The highest BCUT2D eigenvalue weighted by atomic mass is 16.4. The molecule has 13 nitrogen and oxygen atoms in total. The summed E-state index contributed by atoms with van der Waals surface area (Å²) in [6, 6.07) is -3.16. The van der Waals surface area contributed by atoms with Crippen LogP contribution >= 0.6 is 0 Å². The van der Waals surface area contributed by atoms with Crippen molar-refractivity contribution in [3.8, 4) is 0 Å². The number of aromatic nitrogens is 2. The van der Waals surface area contributed by atoms with Gasteiger partial charge in [-0.15, -0.1) is 10.2 Å². The van der Waals surface area contributed by atoms with E-state index in [0.717, 1.165) is 7.11 Å². The summed E-state index contributed by atoms with van der Waals surface area (Å²) in [6.07, 6.45) is -1.45. The highest BCUT2D eigenvalue weighted by Gasteiger charge is 2.25. The van der Waals surface area contributed by atoms with E-state index in [9.17, 15) is 19.5 Å². The van der Waals surface area contributed by atoms with Crippen LogP contribution < -0.4 is 22.1 Å². The quantitative estimate of drug-likeness (QED) is 0.251. The molecular formula is C12H22N6O7. The van der Waals surface area contributed by atoms with Gasteiger partial charge in [0.2, 0.25) is 17.7 Å². The summed E-state index contributed by atoms with van der Waals surface area (Å²) in [4.78, 5) is 33.1. The van der Waals surface area contributed by atoms with Crippen LogP contribution in [0.5, 0.6) is 0 Å². The zero-order chi connectivity index (χ0) is 19.6. The molecule has 142 valence electrons. The second-order valence-corrected chi connectivity index (χ2v) is 4.69. The Morgan fingerprint density at radius 3 is 2.36 bits per heavy atom. The van der Waals surface area contributed by atoms with Crippen molar-refractivity contribution >= 4 is 17.9 Å². The molecule has 25 heavy (non-hydrogen) atoms. The highest BCUT2D eigenvalue weighted by Crippen LogP contribution is 2.11. The molecule has 0 spiro atoms. The molecule has 1 rings (SSSR count). The molecule has 0 aliphatic heterocycles. The van der Waals surface area contributed by atoms with E-state index >= 15 is 0 Å². The number of aliphatic carboxylic acids is 1. The molecule has 0 saturated carbocycles. The molecule has 13 heteroatoms. The maximum absolute atomic E-state index is 11.5. The molecule has 0 fully saturated rings. The van der Waals surface area contributed by atoms with Crippen LogP contribution in [-0.4, -0.2) is 62.7 Å². The average Bonchev–Trinajstić information content (AvgIpc) is 3.00. The van der Waals surface area contributed by atoms with Crippen molar-refractivity contribution in [2.45, 2.75) is 38.1 Å². The van der Waals surface area contributed by atoms with E-state index in [1.54, 1.807) is 0 Å². The number of nitrogens with zero attached hydrogens (tertiary/aromatic N) is 2. The molecule has 1 aromatic heterocycles. The summed E-state index contributed by atoms with van der Waals surface area (Å²) in [5.41, 5.74) is 10.6. The number of aliphatic hydroxyl groups excluding tert-OH is 2. The number of carboxylic acid groups (broad SMARTS) is 1. The molecule has 0 saturated heterocycles. The lowest BCUT2D eigenvalue weighted by Gasteiger charge is -2.16. The summed E-state index contributed by atoms with van der Waals surface area (Å²) < 4.78 is 5.13. The molecule has 0 radical (unpaired) electrons. The Labute approximate surface area is 142 Å². The van der Waals surface area contributed by atoms with Gasteiger partial charge >= 0.3 is 12.0 Å². The third-order valence-corrected chi connectivity index (χ3v) is 2.66. The van der Waals surface area contributed by atoms with Gasteiger partial charge in [-0.25, -0.2) is 9.59 Å². The Morgan fingerprint density at radius 1 is 1.28 bits per heavy atom. The molecular weight excluding hydrogens is 340 g/mol. The van der Waals surface area contributed by atoms with Crippen LogP contribution in [0.4, 0.5) is 4.79 Å². The van der Waals surface area contributed by atoms with Crippen molar-refractivity contribution in [1.29, 1.82) is 0 Å². The van der Waals surface area contributed by atoms with E-state index in [1.807, 2.05) is 0 Å². The zero-order valence-corrected chi connectivity index (χ0v) is 13.7. The lowest BCUT2D eigenvalue weighted by atomic mass is 10.2. The van der Waals surface area contributed by atoms with Crippen molar-refractivity contribution < 1.29 is 34.1 Å². The number of carbonyl (C=O) groups excluding carboxylic acids is 2. The van der Waals surface area contributed by atoms with Gasteiger partial charge in [-0.05, 0) is 6.92 Å². The standard InChI is InChI=1S/C11H18N6O6.CH4O/c1-4(18)8(10(20)21)15-11(22)14-3-7-16-17-9(23-7)5(12)2-6(13)19;1-2/h4-5,8,18H,2-3,12H2,1H3,(H2,13,19)(H,20,21)(H2,14,15,22);2H,1H3. The Hall–Kier alpha value is -2.77. The van der Waals surface area contributed by atoms with Crippen LogP contribution in [0, 0.1) is 0 Å². The van der Waals surface area contributed by atoms with Gasteiger partial charge in [0.25, 0.3) is 0 Å². The number of hydrogen-bond acceptors (Lipinski definition) is 9. The van der Waals surface area contributed by atoms with Crippen molar-refractivity contribution in [1.82, 2.24) is 20.8 Å². The predicted molar refractivity (Wildman–Crippen MR) is 81.7 cm³/mol.